The first-order chi connectivity index (χ1) is 13.7. The zero-order valence-corrected chi connectivity index (χ0v) is 16.2. The first-order valence-corrected chi connectivity index (χ1v) is 9.85. The van der Waals surface area contributed by atoms with Crippen LogP contribution in [0.25, 0.3) is 0 Å². The number of halogens is 1. The predicted molar refractivity (Wildman–Crippen MR) is 108 cm³/mol. The average molecular weight is 396 g/mol. The predicted octanol–water partition coefficient (Wildman–Crippen LogP) is 3.60. The molecule has 0 aliphatic carbocycles. The van der Waals surface area contributed by atoms with Gasteiger partial charge in [0.15, 0.2) is 5.16 Å². The highest BCUT2D eigenvalue weighted by atomic mass is 32.2. The number of carbonyl (C=O) groups excluding carboxylic acids is 1. The van der Waals surface area contributed by atoms with E-state index in [2.05, 4.69) is 22.1 Å². The number of nitrogens with zero attached hydrogens (tertiary/aromatic N) is 3. The van der Waals surface area contributed by atoms with Gasteiger partial charge < -0.3 is 9.88 Å². The van der Waals surface area contributed by atoms with E-state index in [-0.39, 0.29) is 24.0 Å². The van der Waals surface area contributed by atoms with Gasteiger partial charge in [-0.15, -0.1) is 16.8 Å². The zero-order chi connectivity index (χ0) is 19.8. The first kappa shape index (κ1) is 19.8. The number of nitrogens with one attached hydrogen (secondary N) is 1. The lowest BCUT2D eigenvalue weighted by atomic mass is 10.1. The fourth-order valence-electron chi connectivity index (χ4n) is 2.66. The Morgan fingerprint density at radius 2 is 1.89 bits per heavy atom. The third kappa shape index (κ3) is 5.29. The highest BCUT2D eigenvalue weighted by Crippen LogP contribution is 2.19. The van der Waals surface area contributed by atoms with Crippen molar-refractivity contribution in [2.24, 2.45) is 0 Å². The van der Waals surface area contributed by atoms with Crippen molar-refractivity contribution in [3.63, 3.8) is 0 Å². The Bertz CT molecular complexity index is 943. The molecule has 0 atom stereocenters. The summed E-state index contributed by atoms with van der Waals surface area (Å²) in [6.07, 6.45) is 2.43. The molecule has 1 heterocycles. The topological polar surface area (TPSA) is 59.8 Å². The molecule has 7 heteroatoms. The molecule has 1 aromatic heterocycles. The second kappa shape index (κ2) is 9.85. The summed E-state index contributed by atoms with van der Waals surface area (Å²) in [6, 6.07) is 16.4. The quantitative estimate of drug-likeness (QED) is 0.443. The van der Waals surface area contributed by atoms with Gasteiger partial charge in [0.1, 0.15) is 11.6 Å². The standard InChI is InChI=1S/C21H21FN4OS/c1-2-12-26-19(13-16-8-4-3-5-9-16)24-25-21(26)28-15-20(27)23-14-17-10-6-7-11-18(17)22/h2-11H,1,12-15H2,(H,23,27). The summed E-state index contributed by atoms with van der Waals surface area (Å²) in [6.45, 7) is 4.51. The van der Waals surface area contributed by atoms with Crippen LogP contribution >= 0.6 is 11.8 Å². The van der Waals surface area contributed by atoms with Gasteiger partial charge in [-0.25, -0.2) is 4.39 Å². The van der Waals surface area contributed by atoms with E-state index in [0.29, 0.717) is 23.7 Å². The van der Waals surface area contributed by atoms with Crippen molar-refractivity contribution in [1.29, 1.82) is 0 Å². The number of allylic oxidation sites excluding steroid dienone is 1. The van der Waals surface area contributed by atoms with E-state index in [4.69, 9.17) is 0 Å². The third-order valence-corrected chi connectivity index (χ3v) is 5.04. The molecule has 0 fully saturated rings. The number of hydrogen-bond acceptors (Lipinski definition) is 4. The van der Waals surface area contributed by atoms with Crippen LogP contribution < -0.4 is 5.32 Å². The van der Waals surface area contributed by atoms with Crippen molar-refractivity contribution in [2.45, 2.75) is 24.7 Å². The van der Waals surface area contributed by atoms with Crippen LogP contribution in [0.4, 0.5) is 4.39 Å². The van der Waals surface area contributed by atoms with Crippen LogP contribution in [0.15, 0.2) is 72.4 Å². The summed E-state index contributed by atoms with van der Waals surface area (Å²) >= 11 is 1.30. The number of rotatable bonds is 9. The lowest BCUT2D eigenvalue weighted by Gasteiger charge is -2.08. The molecule has 2 aromatic carbocycles. The molecule has 1 N–H and O–H groups in total. The number of hydrogen-bond donors (Lipinski definition) is 1. The summed E-state index contributed by atoms with van der Waals surface area (Å²) in [5.41, 5.74) is 1.60. The molecular weight excluding hydrogens is 375 g/mol. The molecule has 0 bridgehead atoms. The van der Waals surface area contributed by atoms with Gasteiger partial charge in [0.2, 0.25) is 5.91 Å². The van der Waals surface area contributed by atoms with Gasteiger partial charge in [0.05, 0.1) is 5.75 Å². The summed E-state index contributed by atoms with van der Waals surface area (Å²) in [7, 11) is 0. The lowest BCUT2D eigenvalue weighted by molar-refractivity contribution is -0.118. The third-order valence-electron chi connectivity index (χ3n) is 4.08. The Balaban J connectivity index is 1.59. The van der Waals surface area contributed by atoms with Crippen molar-refractivity contribution in [3.05, 3.63) is 90.0 Å². The SMILES string of the molecule is C=CCn1c(Cc2ccccc2)nnc1SCC(=O)NCc1ccccc1F. The van der Waals surface area contributed by atoms with Crippen LogP contribution in [-0.4, -0.2) is 26.4 Å². The Kier molecular flexibility index (Phi) is 6.97. The molecule has 0 saturated heterocycles. The fraction of sp³-hybridized carbons (Fsp3) is 0.190. The average Bonchev–Trinajstić information content (AvgIpc) is 3.08. The van der Waals surface area contributed by atoms with Crippen LogP contribution in [0.3, 0.4) is 0 Å². The van der Waals surface area contributed by atoms with E-state index >= 15 is 0 Å². The van der Waals surface area contributed by atoms with Gasteiger partial charge in [-0.05, 0) is 11.6 Å². The van der Waals surface area contributed by atoms with E-state index in [1.54, 1.807) is 24.3 Å². The Hall–Kier alpha value is -2.93. The molecule has 0 saturated carbocycles. The van der Waals surface area contributed by atoms with E-state index < -0.39 is 0 Å². The maximum Gasteiger partial charge on any atom is 0.230 e. The van der Waals surface area contributed by atoms with Gasteiger partial charge in [0, 0.05) is 25.1 Å². The summed E-state index contributed by atoms with van der Waals surface area (Å²) < 4.78 is 15.6. The largest absolute Gasteiger partial charge is 0.351 e. The summed E-state index contributed by atoms with van der Waals surface area (Å²) in [4.78, 5) is 12.1. The molecular formula is C21H21FN4OS. The molecule has 3 rings (SSSR count). The lowest BCUT2D eigenvalue weighted by Crippen LogP contribution is -2.25. The molecule has 3 aromatic rings. The number of thioether (sulfide) groups is 1. The zero-order valence-electron chi connectivity index (χ0n) is 15.3. The van der Waals surface area contributed by atoms with Crippen molar-refractivity contribution in [3.8, 4) is 0 Å². The Morgan fingerprint density at radius 1 is 1.14 bits per heavy atom. The maximum absolute atomic E-state index is 13.6. The van der Waals surface area contributed by atoms with Crippen LogP contribution in [0, 0.1) is 5.82 Å². The van der Waals surface area contributed by atoms with Crippen molar-refractivity contribution >= 4 is 17.7 Å². The molecule has 5 nitrogen and oxygen atoms in total. The number of amides is 1. The highest BCUT2D eigenvalue weighted by molar-refractivity contribution is 7.99. The van der Waals surface area contributed by atoms with E-state index in [9.17, 15) is 9.18 Å². The number of carbonyl (C=O) groups is 1. The van der Waals surface area contributed by atoms with Crippen molar-refractivity contribution in [2.75, 3.05) is 5.75 Å². The second-order valence-electron chi connectivity index (χ2n) is 6.12. The highest BCUT2D eigenvalue weighted by Gasteiger charge is 2.14. The number of aromatic nitrogens is 3. The molecule has 28 heavy (non-hydrogen) atoms. The first-order valence-electron chi connectivity index (χ1n) is 8.87. The molecule has 0 aliphatic heterocycles. The van der Waals surface area contributed by atoms with E-state index in [1.807, 2.05) is 34.9 Å². The maximum atomic E-state index is 13.6. The normalized spacial score (nSPS) is 10.6. The van der Waals surface area contributed by atoms with Crippen molar-refractivity contribution in [1.82, 2.24) is 20.1 Å². The summed E-state index contributed by atoms with van der Waals surface area (Å²) in [5, 5.41) is 11.9. The van der Waals surface area contributed by atoms with Crippen LogP contribution in [0.1, 0.15) is 17.0 Å². The Labute approximate surface area is 167 Å². The number of benzene rings is 2. The van der Waals surface area contributed by atoms with Gasteiger partial charge in [-0.2, -0.15) is 0 Å². The molecule has 0 radical (unpaired) electrons. The minimum Gasteiger partial charge on any atom is -0.351 e. The fourth-order valence-corrected chi connectivity index (χ4v) is 3.46. The van der Waals surface area contributed by atoms with E-state index in [1.165, 1.54) is 17.8 Å². The molecule has 0 unspecified atom stereocenters. The minimum absolute atomic E-state index is 0.157. The summed E-state index contributed by atoms with van der Waals surface area (Å²) in [5.74, 6) is 0.479. The minimum atomic E-state index is -0.327. The van der Waals surface area contributed by atoms with Crippen molar-refractivity contribution < 1.29 is 9.18 Å². The van der Waals surface area contributed by atoms with Gasteiger partial charge >= 0.3 is 0 Å². The van der Waals surface area contributed by atoms with Gasteiger partial charge in [0.25, 0.3) is 0 Å². The van der Waals surface area contributed by atoms with E-state index in [0.717, 1.165) is 11.4 Å². The van der Waals surface area contributed by atoms with Gasteiger partial charge in [-0.1, -0.05) is 66.4 Å². The monoisotopic (exact) mass is 396 g/mol. The van der Waals surface area contributed by atoms with Gasteiger partial charge in [-0.3, -0.25) is 4.79 Å². The Morgan fingerprint density at radius 3 is 2.64 bits per heavy atom. The van der Waals surface area contributed by atoms with Crippen LogP contribution in [0.5, 0.6) is 0 Å². The molecule has 1 amide bonds. The molecule has 0 spiro atoms. The molecule has 144 valence electrons. The second-order valence-corrected chi connectivity index (χ2v) is 7.06. The smallest absolute Gasteiger partial charge is 0.230 e. The van der Waals surface area contributed by atoms with Crippen LogP contribution in [-0.2, 0) is 24.3 Å². The van der Waals surface area contributed by atoms with Crippen LogP contribution in [0.2, 0.25) is 0 Å². The molecule has 0 aliphatic rings.